The summed E-state index contributed by atoms with van der Waals surface area (Å²) >= 11 is 1.61. The molecule has 0 bridgehead atoms. The zero-order valence-electron chi connectivity index (χ0n) is 14.0. The Balaban J connectivity index is 1.42. The van der Waals surface area contributed by atoms with Gasteiger partial charge in [-0.1, -0.05) is 30.3 Å². The van der Waals surface area contributed by atoms with E-state index in [1.807, 2.05) is 70.9 Å². The molecule has 1 aliphatic rings. The Hall–Kier alpha value is -3.12. The number of hydrogen-bond acceptors (Lipinski definition) is 4. The van der Waals surface area contributed by atoms with Gasteiger partial charge in [-0.15, -0.1) is 11.3 Å². The molecule has 1 aromatic heterocycles. The maximum atomic E-state index is 12.2. The van der Waals surface area contributed by atoms with E-state index in [2.05, 4.69) is 10.6 Å². The summed E-state index contributed by atoms with van der Waals surface area (Å²) in [7, 11) is 0. The van der Waals surface area contributed by atoms with E-state index in [0.29, 0.717) is 18.9 Å². The first-order valence-corrected chi connectivity index (χ1v) is 9.20. The fourth-order valence-corrected chi connectivity index (χ4v) is 3.72. The highest BCUT2D eigenvalue weighted by molar-refractivity contribution is 7.14. The second-order valence-electron chi connectivity index (χ2n) is 6.03. The molecule has 0 saturated carbocycles. The van der Waals surface area contributed by atoms with Gasteiger partial charge in [0.1, 0.15) is 10.8 Å². The van der Waals surface area contributed by atoms with Crippen LogP contribution in [0.4, 0.5) is 16.4 Å². The van der Waals surface area contributed by atoms with Crippen molar-refractivity contribution in [2.24, 2.45) is 0 Å². The summed E-state index contributed by atoms with van der Waals surface area (Å²) in [6.07, 6.45) is 0.351. The van der Waals surface area contributed by atoms with Crippen LogP contribution in [0.15, 0.2) is 66.0 Å². The lowest BCUT2D eigenvalue weighted by molar-refractivity contribution is -0.115. The van der Waals surface area contributed by atoms with E-state index in [1.165, 1.54) is 0 Å². The van der Waals surface area contributed by atoms with Crippen LogP contribution in [0.5, 0.6) is 0 Å². The van der Waals surface area contributed by atoms with Gasteiger partial charge in [0, 0.05) is 11.4 Å². The third-order valence-corrected chi connectivity index (χ3v) is 5.13. The Morgan fingerprint density at radius 2 is 1.88 bits per heavy atom. The summed E-state index contributed by atoms with van der Waals surface area (Å²) in [5.41, 5.74) is 3.57. The number of benzene rings is 2. The minimum Gasteiger partial charge on any atom is -0.359 e. The van der Waals surface area contributed by atoms with Crippen LogP contribution in [-0.4, -0.2) is 18.4 Å². The van der Waals surface area contributed by atoms with Crippen molar-refractivity contribution in [1.29, 1.82) is 5.41 Å². The number of carbonyl (C=O) groups excluding carboxylic acids is 1. The summed E-state index contributed by atoms with van der Waals surface area (Å²) in [5.74, 6) is 0.445. The predicted octanol–water partition coefficient (Wildman–Crippen LogP) is 4.14. The molecule has 2 aromatic carbocycles. The molecule has 6 heteroatoms. The minimum atomic E-state index is -0.0424. The lowest BCUT2D eigenvalue weighted by atomic mass is 10.1. The molecular weight excluding hydrogens is 344 g/mol. The zero-order chi connectivity index (χ0) is 17.9. The number of hydrogen-bond donors (Lipinski definition) is 3. The number of amides is 1. The molecule has 3 aromatic rings. The molecule has 5 nitrogen and oxygen atoms in total. The fraction of sp³-hybridized carbons (Fsp3) is 0.100. The third-order valence-electron chi connectivity index (χ3n) is 4.26. The molecule has 1 aliphatic heterocycles. The normalized spacial score (nSPS) is 13.1. The molecule has 2 heterocycles. The highest BCUT2D eigenvalue weighted by Crippen LogP contribution is 2.30. The van der Waals surface area contributed by atoms with Crippen LogP contribution < -0.4 is 15.5 Å². The van der Waals surface area contributed by atoms with E-state index < -0.39 is 0 Å². The number of carbonyl (C=O) groups is 1. The smallest absolute Gasteiger partial charge is 0.228 e. The topological polar surface area (TPSA) is 68.2 Å². The van der Waals surface area contributed by atoms with Crippen LogP contribution in [0.2, 0.25) is 0 Å². The van der Waals surface area contributed by atoms with Crippen LogP contribution in [0, 0.1) is 5.41 Å². The van der Waals surface area contributed by atoms with E-state index in [1.54, 1.807) is 11.3 Å². The highest BCUT2D eigenvalue weighted by atomic mass is 32.1. The summed E-state index contributed by atoms with van der Waals surface area (Å²) in [5, 5.41) is 17.7. The number of thiophene rings is 1. The van der Waals surface area contributed by atoms with Crippen molar-refractivity contribution in [3.63, 3.8) is 0 Å². The van der Waals surface area contributed by atoms with Crippen molar-refractivity contribution in [2.75, 3.05) is 22.2 Å². The lowest BCUT2D eigenvalue weighted by Gasteiger charge is -2.30. The Bertz CT molecular complexity index is 934. The number of amidine groups is 1. The third kappa shape index (κ3) is 3.32. The second-order valence-corrected chi connectivity index (χ2v) is 6.95. The molecular formula is C20H18N4OS. The molecule has 0 fully saturated rings. The number of rotatable bonds is 4. The quantitative estimate of drug-likeness (QED) is 0.653. The number of nitrogens with zero attached hydrogens (tertiary/aromatic N) is 1. The number of nitrogens with one attached hydrogen (secondary N) is 3. The van der Waals surface area contributed by atoms with Crippen LogP contribution >= 0.6 is 11.3 Å². The van der Waals surface area contributed by atoms with Gasteiger partial charge in [0.25, 0.3) is 0 Å². The van der Waals surface area contributed by atoms with Gasteiger partial charge in [-0.2, -0.15) is 0 Å². The van der Waals surface area contributed by atoms with E-state index in [4.69, 9.17) is 5.41 Å². The monoisotopic (exact) mass is 362 g/mol. The van der Waals surface area contributed by atoms with Gasteiger partial charge in [0.05, 0.1) is 18.7 Å². The van der Waals surface area contributed by atoms with Gasteiger partial charge in [0.15, 0.2) is 0 Å². The zero-order valence-corrected chi connectivity index (χ0v) is 14.8. The van der Waals surface area contributed by atoms with Gasteiger partial charge in [-0.3, -0.25) is 10.2 Å². The van der Waals surface area contributed by atoms with E-state index in [0.717, 1.165) is 27.5 Å². The van der Waals surface area contributed by atoms with Crippen molar-refractivity contribution < 1.29 is 4.79 Å². The molecule has 4 rings (SSSR count). The van der Waals surface area contributed by atoms with Crippen molar-refractivity contribution in [2.45, 2.75) is 6.42 Å². The molecule has 130 valence electrons. The van der Waals surface area contributed by atoms with Crippen molar-refractivity contribution in [3.8, 4) is 0 Å². The summed E-state index contributed by atoms with van der Waals surface area (Å²) in [4.78, 5) is 14.1. The average molecular weight is 362 g/mol. The predicted molar refractivity (Wildman–Crippen MR) is 107 cm³/mol. The molecule has 0 aliphatic carbocycles. The molecule has 26 heavy (non-hydrogen) atoms. The van der Waals surface area contributed by atoms with Crippen molar-refractivity contribution in [1.82, 2.24) is 0 Å². The second kappa shape index (κ2) is 7.01. The van der Waals surface area contributed by atoms with Gasteiger partial charge in [-0.05, 0) is 41.3 Å². The maximum Gasteiger partial charge on any atom is 0.228 e. The van der Waals surface area contributed by atoms with Crippen LogP contribution in [-0.2, 0) is 11.2 Å². The summed E-state index contributed by atoms with van der Waals surface area (Å²) < 4.78 is 0. The Morgan fingerprint density at radius 3 is 2.65 bits per heavy atom. The van der Waals surface area contributed by atoms with Crippen molar-refractivity contribution in [3.05, 3.63) is 77.2 Å². The SMILES string of the molecule is N=C1c2ccsc2NCN1c1ccc(NC(=O)Cc2ccccc2)cc1. The van der Waals surface area contributed by atoms with Crippen LogP contribution in [0.1, 0.15) is 11.1 Å². The first-order chi connectivity index (χ1) is 12.7. The average Bonchev–Trinajstić information content (AvgIpc) is 3.13. The molecule has 3 N–H and O–H groups in total. The van der Waals surface area contributed by atoms with Gasteiger partial charge in [0.2, 0.25) is 5.91 Å². The lowest BCUT2D eigenvalue weighted by Crippen LogP contribution is -2.39. The standard InChI is InChI=1S/C20H18N4OS/c21-19-17-10-11-26-20(17)22-13-24(19)16-8-6-15(7-9-16)23-18(25)12-14-4-2-1-3-5-14/h1-11,21-22H,12-13H2,(H,23,25). The molecule has 0 radical (unpaired) electrons. The Morgan fingerprint density at radius 1 is 1.12 bits per heavy atom. The Kier molecular flexibility index (Phi) is 4.41. The van der Waals surface area contributed by atoms with E-state index in [9.17, 15) is 4.79 Å². The Labute approximate surface area is 155 Å². The van der Waals surface area contributed by atoms with Gasteiger partial charge < -0.3 is 15.5 Å². The van der Waals surface area contributed by atoms with Gasteiger partial charge in [-0.25, -0.2) is 0 Å². The van der Waals surface area contributed by atoms with Crippen LogP contribution in [0.3, 0.4) is 0 Å². The minimum absolute atomic E-state index is 0.0424. The van der Waals surface area contributed by atoms with E-state index >= 15 is 0 Å². The maximum absolute atomic E-state index is 12.2. The molecule has 0 atom stereocenters. The van der Waals surface area contributed by atoms with Gasteiger partial charge >= 0.3 is 0 Å². The highest BCUT2D eigenvalue weighted by Gasteiger charge is 2.22. The van der Waals surface area contributed by atoms with Crippen molar-refractivity contribution >= 4 is 39.5 Å². The molecule has 0 spiro atoms. The van der Waals surface area contributed by atoms with Crippen LogP contribution in [0.25, 0.3) is 0 Å². The first kappa shape index (κ1) is 16.4. The largest absolute Gasteiger partial charge is 0.359 e. The molecule has 0 unspecified atom stereocenters. The van der Waals surface area contributed by atoms with E-state index in [-0.39, 0.29) is 5.91 Å². The fourth-order valence-electron chi connectivity index (χ4n) is 2.94. The molecule has 1 amide bonds. The first-order valence-electron chi connectivity index (χ1n) is 8.32. The molecule has 0 saturated heterocycles. The summed E-state index contributed by atoms with van der Waals surface area (Å²) in [6.45, 7) is 0.562. The number of fused-ring (bicyclic) bond motifs is 1. The summed E-state index contributed by atoms with van der Waals surface area (Å²) in [6, 6.07) is 19.2. The number of anilines is 3.